The molecule has 0 atom stereocenters. The predicted molar refractivity (Wildman–Crippen MR) is 79.5 cm³/mol. The molecule has 0 aliphatic heterocycles. The molecule has 0 fully saturated rings. The zero-order valence-electron chi connectivity index (χ0n) is 12.4. The smallest absolute Gasteiger partial charge is 0.167 e. The van der Waals surface area contributed by atoms with E-state index in [1.54, 1.807) is 0 Å². The first-order valence-electron chi connectivity index (χ1n) is 6.85. The van der Waals surface area contributed by atoms with E-state index in [2.05, 4.69) is 20.8 Å². The van der Waals surface area contributed by atoms with Crippen molar-refractivity contribution in [1.29, 1.82) is 0 Å². The molecule has 0 aliphatic rings. The van der Waals surface area contributed by atoms with Gasteiger partial charge in [0.15, 0.2) is 17.4 Å². The average Bonchev–Trinajstić information content (AvgIpc) is 2.41. The molecule has 0 N–H and O–H groups in total. The van der Waals surface area contributed by atoms with Gasteiger partial charge in [-0.25, -0.2) is 8.78 Å². The van der Waals surface area contributed by atoms with Gasteiger partial charge in [0, 0.05) is 12.0 Å². The van der Waals surface area contributed by atoms with Crippen molar-refractivity contribution < 1.29 is 13.6 Å². The van der Waals surface area contributed by atoms with Crippen LogP contribution in [0.1, 0.15) is 42.3 Å². The lowest BCUT2D eigenvalue weighted by molar-refractivity contribution is 0.0992. The summed E-state index contributed by atoms with van der Waals surface area (Å²) in [7, 11) is 0. The van der Waals surface area contributed by atoms with E-state index in [1.807, 2.05) is 24.3 Å². The van der Waals surface area contributed by atoms with E-state index in [0.717, 1.165) is 17.7 Å². The maximum Gasteiger partial charge on any atom is 0.167 e. The Labute approximate surface area is 123 Å². The number of hydrogen-bond donors (Lipinski definition) is 0. The fraction of sp³-hybridized carbons (Fsp3) is 0.278. The number of carbonyl (C=O) groups excluding carboxylic acids is 1. The third-order valence-corrected chi connectivity index (χ3v) is 3.43. The summed E-state index contributed by atoms with van der Waals surface area (Å²) in [6.07, 6.45) is 0.176. The van der Waals surface area contributed by atoms with Crippen molar-refractivity contribution in [2.75, 3.05) is 0 Å². The van der Waals surface area contributed by atoms with Crippen molar-refractivity contribution in [2.24, 2.45) is 0 Å². The number of carbonyl (C=O) groups is 1. The van der Waals surface area contributed by atoms with Gasteiger partial charge in [-0.2, -0.15) is 0 Å². The average molecular weight is 288 g/mol. The van der Waals surface area contributed by atoms with Crippen molar-refractivity contribution in [3.63, 3.8) is 0 Å². The minimum atomic E-state index is -0.996. The highest BCUT2D eigenvalue weighted by molar-refractivity contribution is 5.97. The van der Waals surface area contributed by atoms with Crippen LogP contribution in [0.3, 0.4) is 0 Å². The Morgan fingerprint density at radius 3 is 2.10 bits per heavy atom. The summed E-state index contributed by atoms with van der Waals surface area (Å²) in [6, 6.07) is 11.0. The standard InChI is InChI=1S/C18H18F2O/c1-18(2,3)14-7-4-12(5-8-14)10-17(21)13-6-9-15(19)16(20)11-13/h4-9,11H,10H2,1-3H3. The number of benzene rings is 2. The molecule has 110 valence electrons. The van der Waals surface area contributed by atoms with E-state index in [-0.39, 0.29) is 23.2 Å². The van der Waals surface area contributed by atoms with Gasteiger partial charge >= 0.3 is 0 Å². The summed E-state index contributed by atoms with van der Waals surface area (Å²) >= 11 is 0. The fourth-order valence-corrected chi connectivity index (χ4v) is 2.08. The molecule has 0 bridgehead atoms. The van der Waals surface area contributed by atoms with Gasteiger partial charge in [-0.3, -0.25) is 4.79 Å². The molecule has 2 aromatic rings. The van der Waals surface area contributed by atoms with Crippen LogP contribution in [0.2, 0.25) is 0 Å². The number of halogens is 2. The molecular weight excluding hydrogens is 270 g/mol. The first kappa shape index (κ1) is 15.4. The molecule has 2 rings (SSSR count). The van der Waals surface area contributed by atoms with E-state index < -0.39 is 11.6 Å². The van der Waals surface area contributed by atoms with Crippen molar-refractivity contribution >= 4 is 5.78 Å². The molecule has 0 amide bonds. The number of ketones is 1. The molecule has 0 radical (unpaired) electrons. The van der Waals surface area contributed by atoms with Crippen LogP contribution in [0.25, 0.3) is 0 Å². The fourth-order valence-electron chi connectivity index (χ4n) is 2.08. The molecule has 0 saturated heterocycles. The minimum Gasteiger partial charge on any atom is -0.294 e. The highest BCUT2D eigenvalue weighted by Crippen LogP contribution is 2.22. The Morgan fingerprint density at radius 2 is 1.57 bits per heavy atom. The van der Waals surface area contributed by atoms with Crippen LogP contribution in [-0.4, -0.2) is 5.78 Å². The quantitative estimate of drug-likeness (QED) is 0.749. The molecule has 0 spiro atoms. The van der Waals surface area contributed by atoms with Gasteiger partial charge in [-0.05, 0) is 34.7 Å². The Bertz CT molecular complexity index is 652. The van der Waals surface area contributed by atoms with Crippen molar-refractivity contribution in [1.82, 2.24) is 0 Å². The third kappa shape index (κ3) is 3.75. The summed E-state index contributed by atoms with van der Waals surface area (Å²) in [5, 5.41) is 0. The lowest BCUT2D eigenvalue weighted by Crippen LogP contribution is -2.11. The highest BCUT2D eigenvalue weighted by Gasteiger charge is 2.14. The number of hydrogen-bond acceptors (Lipinski definition) is 1. The highest BCUT2D eigenvalue weighted by atomic mass is 19.2. The SMILES string of the molecule is CC(C)(C)c1ccc(CC(=O)c2ccc(F)c(F)c2)cc1. The normalized spacial score (nSPS) is 11.5. The van der Waals surface area contributed by atoms with Crippen molar-refractivity contribution in [2.45, 2.75) is 32.6 Å². The minimum absolute atomic E-state index is 0.0582. The zero-order valence-corrected chi connectivity index (χ0v) is 12.4. The molecule has 0 unspecified atom stereocenters. The molecule has 0 aliphatic carbocycles. The summed E-state index contributed by atoms with van der Waals surface area (Å²) in [5.41, 5.74) is 2.29. The first-order valence-corrected chi connectivity index (χ1v) is 6.85. The van der Waals surface area contributed by atoms with Gasteiger partial charge in [0.25, 0.3) is 0 Å². The van der Waals surface area contributed by atoms with Crippen LogP contribution in [0.15, 0.2) is 42.5 Å². The van der Waals surface area contributed by atoms with Gasteiger partial charge in [0.1, 0.15) is 0 Å². The van der Waals surface area contributed by atoms with Crippen LogP contribution in [0, 0.1) is 11.6 Å². The predicted octanol–water partition coefficient (Wildman–Crippen LogP) is 4.69. The van der Waals surface area contributed by atoms with E-state index in [0.29, 0.717) is 0 Å². The maximum atomic E-state index is 13.1. The van der Waals surface area contributed by atoms with Crippen molar-refractivity contribution in [3.8, 4) is 0 Å². The second-order valence-electron chi connectivity index (χ2n) is 6.18. The Hall–Kier alpha value is -2.03. The topological polar surface area (TPSA) is 17.1 Å². The van der Waals surface area contributed by atoms with Crippen LogP contribution in [-0.2, 0) is 11.8 Å². The summed E-state index contributed by atoms with van der Waals surface area (Å²) in [6.45, 7) is 6.36. The summed E-state index contributed by atoms with van der Waals surface area (Å²) in [5.74, 6) is -2.16. The van der Waals surface area contributed by atoms with Crippen LogP contribution >= 0.6 is 0 Å². The van der Waals surface area contributed by atoms with Gasteiger partial charge in [-0.15, -0.1) is 0 Å². The molecule has 1 nitrogen and oxygen atoms in total. The van der Waals surface area contributed by atoms with Crippen LogP contribution in [0.4, 0.5) is 8.78 Å². The largest absolute Gasteiger partial charge is 0.294 e. The van der Waals surface area contributed by atoms with Gasteiger partial charge in [-0.1, -0.05) is 45.0 Å². The molecule has 2 aromatic carbocycles. The maximum absolute atomic E-state index is 13.1. The van der Waals surface area contributed by atoms with Crippen LogP contribution < -0.4 is 0 Å². The van der Waals surface area contributed by atoms with E-state index in [1.165, 1.54) is 11.6 Å². The lowest BCUT2D eigenvalue weighted by Gasteiger charge is -2.19. The van der Waals surface area contributed by atoms with Crippen LogP contribution in [0.5, 0.6) is 0 Å². The molecule has 3 heteroatoms. The second-order valence-corrected chi connectivity index (χ2v) is 6.18. The molecule has 0 aromatic heterocycles. The third-order valence-electron chi connectivity index (χ3n) is 3.43. The second kappa shape index (κ2) is 5.76. The van der Waals surface area contributed by atoms with Gasteiger partial charge in [0.2, 0.25) is 0 Å². The molecule has 0 heterocycles. The Balaban J connectivity index is 2.14. The monoisotopic (exact) mass is 288 g/mol. The van der Waals surface area contributed by atoms with Crippen molar-refractivity contribution in [3.05, 3.63) is 70.8 Å². The Morgan fingerprint density at radius 1 is 0.952 bits per heavy atom. The van der Waals surface area contributed by atoms with E-state index in [4.69, 9.17) is 0 Å². The summed E-state index contributed by atoms with van der Waals surface area (Å²) in [4.78, 5) is 12.1. The van der Waals surface area contributed by atoms with E-state index >= 15 is 0 Å². The Kier molecular flexibility index (Phi) is 4.21. The van der Waals surface area contributed by atoms with Gasteiger partial charge < -0.3 is 0 Å². The summed E-state index contributed by atoms with van der Waals surface area (Å²) < 4.78 is 26.0. The number of Topliss-reactive ketones (excluding diaryl/α,β-unsaturated/α-hetero) is 1. The first-order chi connectivity index (χ1) is 9.77. The molecule has 21 heavy (non-hydrogen) atoms. The molecule has 0 saturated carbocycles. The van der Waals surface area contributed by atoms with E-state index in [9.17, 15) is 13.6 Å². The number of rotatable bonds is 3. The molecular formula is C18H18F2O. The van der Waals surface area contributed by atoms with Gasteiger partial charge in [0.05, 0.1) is 0 Å². The lowest BCUT2D eigenvalue weighted by atomic mass is 9.86. The zero-order chi connectivity index (χ0) is 15.6.